The van der Waals surface area contributed by atoms with Gasteiger partial charge in [-0.25, -0.2) is 0 Å². The van der Waals surface area contributed by atoms with Crippen molar-refractivity contribution in [3.05, 3.63) is 42.5 Å². The maximum Gasteiger partial charge on any atom is 0.120 e. The van der Waals surface area contributed by atoms with Gasteiger partial charge in [0.1, 0.15) is 12.4 Å². The Labute approximate surface area is 108 Å². The molecule has 3 N–H and O–H groups in total. The molecule has 0 atom stereocenters. The van der Waals surface area contributed by atoms with E-state index in [-0.39, 0.29) is 0 Å². The molecule has 18 heavy (non-hydrogen) atoms. The van der Waals surface area contributed by atoms with E-state index in [1.165, 1.54) is 10.8 Å². The lowest BCUT2D eigenvalue weighted by Crippen LogP contribution is -2.23. The van der Waals surface area contributed by atoms with E-state index in [1.807, 2.05) is 18.2 Å². The SMILES string of the molecule is NCCCNCCOc1ccc2ccccc2c1. The van der Waals surface area contributed by atoms with Crippen LogP contribution in [0.4, 0.5) is 0 Å². The quantitative estimate of drug-likeness (QED) is 0.734. The van der Waals surface area contributed by atoms with E-state index < -0.39 is 0 Å². The summed E-state index contributed by atoms with van der Waals surface area (Å²) in [7, 11) is 0. The first-order valence-electron chi connectivity index (χ1n) is 6.42. The van der Waals surface area contributed by atoms with Crippen LogP contribution in [0.2, 0.25) is 0 Å². The average Bonchev–Trinajstić information content (AvgIpc) is 2.42. The fraction of sp³-hybridized carbons (Fsp3) is 0.333. The van der Waals surface area contributed by atoms with E-state index in [2.05, 4.69) is 29.6 Å². The highest BCUT2D eigenvalue weighted by molar-refractivity contribution is 5.83. The number of hydrogen-bond acceptors (Lipinski definition) is 3. The van der Waals surface area contributed by atoms with Gasteiger partial charge in [0, 0.05) is 6.54 Å². The maximum absolute atomic E-state index is 5.70. The molecular formula is C15H20N2O. The molecular weight excluding hydrogens is 224 g/mol. The number of nitrogens with two attached hydrogens (primary N) is 1. The first-order valence-corrected chi connectivity index (χ1v) is 6.42. The van der Waals surface area contributed by atoms with Crippen molar-refractivity contribution >= 4 is 10.8 Å². The van der Waals surface area contributed by atoms with E-state index in [0.29, 0.717) is 6.61 Å². The molecule has 0 spiro atoms. The molecule has 0 saturated heterocycles. The van der Waals surface area contributed by atoms with Crippen molar-refractivity contribution in [2.75, 3.05) is 26.2 Å². The molecule has 0 radical (unpaired) electrons. The molecule has 0 unspecified atom stereocenters. The molecule has 0 fully saturated rings. The molecule has 0 aliphatic rings. The van der Waals surface area contributed by atoms with Gasteiger partial charge in [-0.15, -0.1) is 0 Å². The number of ether oxygens (including phenoxy) is 1. The Balaban J connectivity index is 1.81. The molecule has 0 saturated carbocycles. The van der Waals surface area contributed by atoms with Crippen molar-refractivity contribution in [2.45, 2.75) is 6.42 Å². The first-order chi connectivity index (χ1) is 8.90. The van der Waals surface area contributed by atoms with E-state index in [4.69, 9.17) is 10.5 Å². The average molecular weight is 244 g/mol. The van der Waals surface area contributed by atoms with Crippen molar-refractivity contribution in [3.8, 4) is 5.75 Å². The zero-order chi connectivity index (χ0) is 12.6. The minimum absolute atomic E-state index is 0.683. The Morgan fingerprint density at radius 3 is 2.67 bits per heavy atom. The highest BCUT2D eigenvalue weighted by Gasteiger charge is 1.96. The van der Waals surface area contributed by atoms with Gasteiger partial charge in [0.05, 0.1) is 0 Å². The van der Waals surface area contributed by atoms with Gasteiger partial charge in [0.15, 0.2) is 0 Å². The lowest BCUT2D eigenvalue weighted by Gasteiger charge is -2.08. The van der Waals surface area contributed by atoms with E-state index in [0.717, 1.165) is 31.8 Å². The number of hydrogen-bond donors (Lipinski definition) is 2. The number of rotatable bonds is 7. The molecule has 3 heteroatoms. The van der Waals surface area contributed by atoms with Crippen molar-refractivity contribution in [1.82, 2.24) is 5.32 Å². The molecule has 0 amide bonds. The van der Waals surface area contributed by atoms with Crippen molar-refractivity contribution in [1.29, 1.82) is 0 Å². The number of nitrogens with one attached hydrogen (secondary N) is 1. The molecule has 0 aromatic heterocycles. The first kappa shape index (κ1) is 12.9. The summed E-state index contributed by atoms with van der Waals surface area (Å²) in [6.07, 6.45) is 1.01. The predicted molar refractivity (Wildman–Crippen MR) is 76.0 cm³/mol. The van der Waals surface area contributed by atoms with Crippen LogP contribution in [0, 0.1) is 0 Å². The second-order valence-electron chi connectivity index (χ2n) is 4.25. The largest absolute Gasteiger partial charge is 0.492 e. The van der Waals surface area contributed by atoms with Gasteiger partial charge >= 0.3 is 0 Å². The summed E-state index contributed by atoms with van der Waals surface area (Å²) in [5.41, 5.74) is 5.42. The van der Waals surface area contributed by atoms with Gasteiger partial charge in [0.25, 0.3) is 0 Å². The highest BCUT2D eigenvalue weighted by Crippen LogP contribution is 2.20. The fourth-order valence-electron chi connectivity index (χ4n) is 1.85. The van der Waals surface area contributed by atoms with Crippen LogP contribution < -0.4 is 15.8 Å². The number of benzene rings is 2. The monoisotopic (exact) mass is 244 g/mol. The molecule has 2 rings (SSSR count). The summed E-state index contributed by atoms with van der Waals surface area (Å²) in [6.45, 7) is 3.23. The van der Waals surface area contributed by atoms with E-state index >= 15 is 0 Å². The van der Waals surface area contributed by atoms with Crippen LogP contribution in [0.15, 0.2) is 42.5 Å². The predicted octanol–water partition coefficient (Wildman–Crippen LogP) is 2.16. The molecule has 0 aliphatic heterocycles. The van der Waals surface area contributed by atoms with Crippen LogP contribution in [0.25, 0.3) is 10.8 Å². The normalized spacial score (nSPS) is 10.7. The zero-order valence-electron chi connectivity index (χ0n) is 10.6. The Morgan fingerprint density at radius 1 is 1.00 bits per heavy atom. The van der Waals surface area contributed by atoms with Gasteiger partial charge in [-0.3, -0.25) is 0 Å². The Morgan fingerprint density at radius 2 is 1.83 bits per heavy atom. The van der Waals surface area contributed by atoms with Crippen LogP contribution in [-0.2, 0) is 0 Å². The standard InChI is InChI=1S/C15H20N2O/c16-8-3-9-17-10-11-18-15-7-6-13-4-1-2-5-14(13)12-15/h1-2,4-7,12,17H,3,8-11,16H2. The second-order valence-corrected chi connectivity index (χ2v) is 4.25. The Kier molecular flexibility index (Phi) is 5.00. The summed E-state index contributed by atoms with van der Waals surface area (Å²) in [5, 5.41) is 5.74. The molecule has 3 nitrogen and oxygen atoms in total. The molecule has 96 valence electrons. The van der Waals surface area contributed by atoms with Crippen LogP contribution in [-0.4, -0.2) is 26.2 Å². The molecule has 0 bridgehead atoms. The third kappa shape index (κ3) is 3.72. The highest BCUT2D eigenvalue weighted by atomic mass is 16.5. The fourth-order valence-corrected chi connectivity index (χ4v) is 1.85. The Bertz CT molecular complexity index is 485. The van der Waals surface area contributed by atoms with Crippen LogP contribution in [0.3, 0.4) is 0 Å². The number of fused-ring (bicyclic) bond motifs is 1. The Hall–Kier alpha value is -1.58. The maximum atomic E-state index is 5.70. The topological polar surface area (TPSA) is 47.3 Å². The third-order valence-corrected chi connectivity index (χ3v) is 2.83. The van der Waals surface area contributed by atoms with Crippen LogP contribution >= 0.6 is 0 Å². The van der Waals surface area contributed by atoms with E-state index in [9.17, 15) is 0 Å². The van der Waals surface area contributed by atoms with Crippen molar-refractivity contribution in [2.24, 2.45) is 5.73 Å². The zero-order valence-corrected chi connectivity index (χ0v) is 10.6. The smallest absolute Gasteiger partial charge is 0.120 e. The second kappa shape index (κ2) is 6.99. The summed E-state index contributed by atoms with van der Waals surface area (Å²) in [5.74, 6) is 0.925. The van der Waals surface area contributed by atoms with Gasteiger partial charge in [-0.1, -0.05) is 30.3 Å². The van der Waals surface area contributed by atoms with Crippen LogP contribution in [0.1, 0.15) is 6.42 Å². The minimum Gasteiger partial charge on any atom is -0.492 e. The molecule has 2 aromatic carbocycles. The lowest BCUT2D eigenvalue weighted by atomic mass is 10.1. The summed E-state index contributed by atoms with van der Waals surface area (Å²) < 4.78 is 5.70. The van der Waals surface area contributed by atoms with Crippen molar-refractivity contribution in [3.63, 3.8) is 0 Å². The van der Waals surface area contributed by atoms with E-state index in [1.54, 1.807) is 0 Å². The summed E-state index contributed by atoms with van der Waals surface area (Å²) in [6, 6.07) is 14.5. The van der Waals surface area contributed by atoms with Gasteiger partial charge in [0.2, 0.25) is 0 Å². The summed E-state index contributed by atoms with van der Waals surface area (Å²) in [4.78, 5) is 0. The molecule has 2 aromatic rings. The van der Waals surface area contributed by atoms with Crippen molar-refractivity contribution < 1.29 is 4.74 Å². The van der Waals surface area contributed by atoms with Gasteiger partial charge < -0.3 is 15.8 Å². The van der Waals surface area contributed by atoms with Crippen LogP contribution in [0.5, 0.6) is 5.75 Å². The minimum atomic E-state index is 0.683. The summed E-state index contributed by atoms with van der Waals surface area (Å²) >= 11 is 0. The third-order valence-electron chi connectivity index (χ3n) is 2.83. The molecule has 0 heterocycles. The lowest BCUT2D eigenvalue weighted by molar-refractivity contribution is 0.314. The molecule has 0 aliphatic carbocycles. The van der Waals surface area contributed by atoms with Gasteiger partial charge in [-0.2, -0.15) is 0 Å². The van der Waals surface area contributed by atoms with Gasteiger partial charge in [-0.05, 0) is 42.4 Å².